The van der Waals surface area contributed by atoms with Crippen LogP contribution < -0.4 is 5.32 Å². The monoisotopic (exact) mass is 271 g/mol. The van der Waals surface area contributed by atoms with Crippen LogP contribution in [-0.2, 0) is 15.9 Å². The van der Waals surface area contributed by atoms with E-state index >= 15 is 0 Å². The lowest BCUT2D eigenvalue weighted by Crippen LogP contribution is -2.22. The van der Waals surface area contributed by atoms with E-state index in [1.54, 1.807) is 7.11 Å². The van der Waals surface area contributed by atoms with Crippen LogP contribution in [-0.4, -0.2) is 40.0 Å². The summed E-state index contributed by atoms with van der Waals surface area (Å²) in [4.78, 5) is 0. The number of nitrogens with one attached hydrogen (secondary N) is 1. The van der Waals surface area contributed by atoms with Gasteiger partial charge in [-0.05, 0) is 37.1 Å². The van der Waals surface area contributed by atoms with Crippen LogP contribution in [0.5, 0.6) is 0 Å². The first-order valence-corrected chi connectivity index (χ1v) is 6.72. The molecule has 0 saturated heterocycles. The van der Waals surface area contributed by atoms with Crippen LogP contribution in [0.4, 0.5) is 0 Å². The zero-order valence-electron chi connectivity index (χ0n) is 11.0. The maximum absolute atomic E-state index is 5.83. The van der Waals surface area contributed by atoms with E-state index in [1.165, 1.54) is 5.56 Å². The lowest BCUT2D eigenvalue weighted by atomic mass is 10.1. The van der Waals surface area contributed by atoms with Crippen molar-refractivity contribution in [3.8, 4) is 0 Å². The molecule has 0 heterocycles. The van der Waals surface area contributed by atoms with E-state index in [4.69, 9.17) is 21.1 Å². The second-order valence-corrected chi connectivity index (χ2v) is 4.52. The molecule has 0 atom stereocenters. The third-order valence-corrected chi connectivity index (χ3v) is 2.82. The van der Waals surface area contributed by atoms with Crippen molar-refractivity contribution in [3.05, 3.63) is 34.9 Å². The molecular weight excluding hydrogens is 250 g/mol. The Morgan fingerprint density at radius 1 is 1.06 bits per heavy atom. The highest BCUT2D eigenvalue weighted by atomic mass is 35.5. The molecule has 4 heteroatoms. The Morgan fingerprint density at radius 2 is 1.83 bits per heavy atom. The van der Waals surface area contributed by atoms with Gasteiger partial charge in [-0.1, -0.05) is 23.7 Å². The molecule has 1 aromatic rings. The largest absolute Gasteiger partial charge is 0.385 e. The van der Waals surface area contributed by atoms with Crippen molar-refractivity contribution in [3.63, 3.8) is 0 Å². The van der Waals surface area contributed by atoms with Gasteiger partial charge in [0.05, 0.1) is 6.61 Å². The number of hydrogen-bond acceptors (Lipinski definition) is 3. The Morgan fingerprint density at radius 3 is 2.56 bits per heavy atom. The number of halogens is 1. The molecule has 0 amide bonds. The number of rotatable bonds is 10. The van der Waals surface area contributed by atoms with E-state index in [0.717, 1.165) is 50.8 Å². The van der Waals surface area contributed by atoms with E-state index < -0.39 is 0 Å². The van der Waals surface area contributed by atoms with Gasteiger partial charge in [0, 0.05) is 31.9 Å². The summed E-state index contributed by atoms with van der Waals surface area (Å²) in [6, 6.07) is 7.97. The van der Waals surface area contributed by atoms with Crippen molar-refractivity contribution in [1.82, 2.24) is 5.32 Å². The fourth-order valence-electron chi connectivity index (χ4n) is 1.56. The van der Waals surface area contributed by atoms with Crippen molar-refractivity contribution >= 4 is 11.6 Å². The fourth-order valence-corrected chi connectivity index (χ4v) is 1.69. The summed E-state index contributed by atoms with van der Waals surface area (Å²) in [6.07, 6.45) is 1.97. The molecule has 1 N–H and O–H groups in total. The molecule has 0 unspecified atom stereocenters. The van der Waals surface area contributed by atoms with Crippen molar-refractivity contribution in [1.29, 1.82) is 0 Å². The predicted molar refractivity (Wildman–Crippen MR) is 75.3 cm³/mol. The highest BCUT2D eigenvalue weighted by Crippen LogP contribution is 2.09. The Labute approximate surface area is 114 Å². The van der Waals surface area contributed by atoms with Gasteiger partial charge in [0.2, 0.25) is 0 Å². The molecule has 3 nitrogen and oxygen atoms in total. The molecule has 102 valence electrons. The zero-order valence-corrected chi connectivity index (χ0v) is 11.7. The van der Waals surface area contributed by atoms with Crippen molar-refractivity contribution in [2.24, 2.45) is 0 Å². The van der Waals surface area contributed by atoms with Gasteiger partial charge in [-0.2, -0.15) is 0 Å². The molecule has 0 aliphatic rings. The van der Waals surface area contributed by atoms with Gasteiger partial charge in [0.25, 0.3) is 0 Å². The number of benzene rings is 1. The minimum Gasteiger partial charge on any atom is -0.385 e. The van der Waals surface area contributed by atoms with Gasteiger partial charge >= 0.3 is 0 Å². The predicted octanol–water partition coefficient (Wildman–Crippen LogP) is 2.53. The van der Waals surface area contributed by atoms with E-state index in [-0.39, 0.29) is 0 Å². The molecule has 0 aliphatic carbocycles. The second kappa shape index (κ2) is 10.3. The lowest BCUT2D eigenvalue weighted by molar-refractivity contribution is 0.104. The Hall–Kier alpha value is -0.610. The summed E-state index contributed by atoms with van der Waals surface area (Å²) in [5.74, 6) is 0. The van der Waals surface area contributed by atoms with Crippen LogP contribution in [0.25, 0.3) is 0 Å². The first-order chi connectivity index (χ1) is 8.83. The highest BCUT2D eigenvalue weighted by molar-refractivity contribution is 6.30. The number of ether oxygens (including phenoxy) is 2. The standard InChI is InChI=1S/C14H22ClNO2/c1-17-10-2-11-18-12-9-16-8-7-13-3-5-14(15)6-4-13/h3-6,16H,2,7-12H2,1H3. The molecule has 0 bridgehead atoms. The number of hydrogen-bond donors (Lipinski definition) is 1. The third kappa shape index (κ3) is 7.67. The molecular formula is C14H22ClNO2. The Bertz CT molecular complexity index is 303. The first-order valence-electron chi connectivity index (χ1n) is 6.35. The minimum absolute atomic E-state index is 0.754. The smallest absolute Gasteiger partial charge is 0.0590 e. The average molecular weight is 272 g/mol. The molecule has 0 radical (unpaired) electrons. The Kier molecular flexibility index (Phi) is 8.86. The summed E-state index contributed by atoms with van der Waals surface area (Å²) in [5.41, 5.74) is 1.30. The van der Waals surface area contributed by atoms with Gasteiger partial charge in [-0.15, -0.1) is 0 Å². The summed E-state index contributed by atoms with van der Waals surface area (Å²) in [5, 5.41) is 4.14. The maximum atomic E-state index is 5.83. The summed E-state index contributed by atoms with van der Waals surface area (Å²) in [6.45, 7) is 4.14. The lowest BCUT2D eigenvalue weighted by Gasteiger charge is -2.06. The topological polar surface area (TPSA) is 30.5 Å². The Balaban J connectivity index is 1.91. The van der Waals surface area contributed by atoms with Gasteiger partial charge in [0.15, 0.2) is 0 Å². The van der Waals surface area contributed by atoms with Gasteiger partial charge in [0.1, 0.15) is 0 Å². The summed E-state index contributed by atoms with van der Waals surface area (Å²) >= 11 is 5.83. The van der Waals surface area contributed by atoms with E-state index in [0.29, 0.717) is 0 Å². The fraction of sp³-hybridized carbons (Fsp3) is 0.571. The molecule has 0 saturated carbocycles. The van der Waals surface area contributed by atoms with Crippen LogP contribution in [0, 0.1) is 0 Å². The van der Waals surface area contributed by atoms with Crippen molar-refractivity contribution in [2.45, 2.75) is 12.8 Å². The van der Waals surface area contributed by atoms with Crippen LogP contribution in [0.15, 0.2) is 24.3 Å². The van der Waals surface area contributed by atoms with Gasteiger partial charge in [-0.25, -0.2) is 0 Å². The molecule has 0 spiro atoms. The SMILES string of the molecule is COCCCOCCNCCc1ccc(Cl)cc1. The molecule has 18 heavy (non-hydrogen) atoms. The molecule has 0 aliphatic heterocycles. The minimum atomic E-state index is 0.754. The van der Waals surface area contributed by atoms with Crippen LogP contribution >= 0.6 is 11.6 Å². The maximum Gasteiger partial charge on any atom is 0.0590 e. The quantitative estimate of drug-likeness (QED) is 0.664. The van der Waals surface area contributed by atoms with Crippen LogP contribution in [0.1, 0.15) is 12.0 Å². The molecule has 1 aromatic carbocycles. The zero-order chi connectivity index (χ0) is 13.1. The first kappa shape index (κ1) is 15.4. The van der Waals surface area contributed by atoms with E-state index in [1.807, 2.05) is 12.1 Å². The summed E-state index contributed by atoms with van der Waals surface area (Å²) < 4.78 is 10.4. The molecule has 1 rings (SSSR count). The van der Waals surface area contributed by atoms with Crippen molar-refractivity contribution < 1.29 is 9.47 Å². The third-order valence-electron chi connectivity index (χ3n) is 2.56. The van der Waals surface area contributed by atoms with Crippen LogP contribution in [0.3, 0.4) is 0 Å². The normalized spacial score (nSPS) is 10.8. The van der Waals surface area contributed by atoms with E-state index in [9.17, 15) is 0 Å². The molecule has 0 aromatic heterocycles. The van der Waals surface area contributed by atoms with E-state index in [2.05, 4.69) is 17.4 Å². The highest BCUT2D eigenvalue weighted by Gasteiger charge is 1.94. The summed E-state index contributed by atoms with van der Waals surface area (Å²) in [7, 11) is 1.71. The number of methoxy groups -OCH3 is 1. The van der Waals surface area contributed by atoms with Gasteiger partial charge < -0.3 is 14.8 Å². The average Bonchev–Trinajstić information content (AvgIpc) is 2.39. The van der Waals surface area contributed by atoms with Crippen LogP contribution in [0.2, 0.25) is 5.02 Å². The van der Waals surface area contributed by atoms with Crippen molar-refractivity contribution in [2.75, 3.05) is 40.0 Å². The second-order valence-electron chi connectivity index (χ2n) is 4.09. The van der Waals surface area contributed by atoms with Gasteiger partial charge in [-0.3, -0.25) is 0 Å². The molecule has 0 fully saturated rings.